The number of hydrogen-bond acceptors (Lipinski definition) is 6. The number of hydrogen-bond donors (Lipinski definition) is 4. The molecule has 0 saturated heterocycles. The monoisotopic (exact) mass is 604 g/mol. The standard InChI is InChI=1S/C21H27FO6.Pb.2H/c1-18-6-5-12(24)7-11(18)3-4-13-14-8-15(25)21(28,17(27)10-23)19(14,2)9-16(26)20(13,18)22;;;/h5-7,13-16,23,25-26,28H,3-4,8-10H2,1-2H3;;;/t13-,14-,15+,16-,18-,19-,20-,21-;;;/m0.../s1. The van der Waals surface area contributed by atoms with Gasteiger partial charge in [-0.3, -0.25) is 9.59 Å². The Morgan fingerprint density at radius 2 is 1.90 bits per heavy atom. The predicted octanol–water partition coefficient (Wildman–Crippen LogP) is -0.296. The third kappa shape index (κ3) is 2.57. The molecule has 160 valence electrons. The van der Waals surface area contributed by atoms with Gasteiger partial charge in [-0.15, -0.1) is 0 Å². The van der Waals surface area contributed by atoms with Crippen LogP contribution in [0.25, 0.3) is 0 Å². The third-order valence-electron chi connectivity index (χ3n) is 8.43. The molecule has 4 aliphatic rings. The molecule has 4 aliphatic carbocycles. The number of rotatable bonds is 2. The van der Waals surface area contributed by atoms with Gasteiger partial charge < -0.3 is 20.4 Å². The van der Waals surface area contributed by atoms with Crippen molar-refractivity contribution in [3.8, 4) is 0 Å². The fourth-order valence-corrected chi connectivity index (χ4v) is 6.85. The molecule has 4 N–H and O–H groups in total. The van der Waals surface area contributed by atoms with Crippen LogP contribution in [0.15, 0.2) is 23.8 Å². The minimum absolute atomic E-state index is 0. The normalized spacial score (nSPS) is 50.7. The molecule has 3 fully saturated rings. The molecular formula is C21H29FO6Pb. The Morgan fingerprint density at radius 1 is 1.24 bits per heavy atom. The third-order valence-corrected chi connectivity index (χ3v) is 8.43. The first-order chi connectivity index (χ1) is 13.0. The molecule has 4 rings (SSSR count). The van der Waals surface area contributed by atoms with Crippen molar-refractivity contribution >= 4 is 38.9 Å². The zero-order valence-corrected chi connectivity index (χ0v) is 22.3. The van der Waals surface area contributed by atoms with Crippen molar-refractivity contribution < 1.29 is 34.4 Å². The Morgan fingerprint density at radius 3 is 2.52 bits per heavy atom. The van der Waals surface area contributed by atoms with Gasteiger partial charge in [0.1, 0.15) is 6.61 Å². The summed E-state index contributed by atoms with van der Waals surface area (Å²) >= 11 is 0. The number of fused-ring (bicyclic) bond motifs is 5. The summed E-state index contributed by atoms with van der Waals surface area (Å²) in [7, 11) is 0. The van der Waals surface area contributed by atoms with Gasteiger partial charge in [-0.2, -0.15) is 0 Å². The topological polar surface area (TPSA) is 115 Å². The molecule has 3 saturated carbocycles. The Labute approximate surface area is 189 Å². The first-order valence-electron chi connectivity index (χ1n) is 9.82. The second kappa shape index (κ2) is 7.01. The van der Waals surface area contributed by atoms with E-state index in [2.05, 4.69) is 0 Å². The van der Waals surface area contributed by atoms with E-state index in [4.69, 9.17) is 0 Å². The number of aliphatic hydroxyl groups excluding tert-OH is 3. The average Bonchev–Trinajstić information content (AvgIpc) is 2.84. The molecule has 8 atom stereocenters. The summed E-state index contributed by atoms with van der Waals surface area (Å²) < 4.78 is 16.8. The molecule has 0 aromatic heterocycles. The van der Waals surface area contributed by atoms with Crippen LogP contribution in [0.1, 0.15) is 39.5 Å². The van der Waals surface area contributed by atoms with Crippen LogP contribution in [0.2, 0.25) is 0 Å². The van der Waals surface area contributed by atoms with Crippen LogP contribution in [0, 0.1) is 22.7 Å². The fraction of sp³-hybridized carbons (Fsp3) is 0.714. The summed E-state index contributed by atoms with van der Waals surface area (Å²) in [6.07, 6.45) is 1.93. The van der Waals surface area contributed by atoms with Gasteiger partial charge in [0.2, 0.25) is 0 Å². The number of carbonyl (C=O) groups is 2. The van der Waals surface area contributed by atoms with Gasteiger partial charge in [-0.25, -0.2) is 4.39 Å². The summed E-state index contributed by atoms with van der Waals surface area (Å²) in [4.78, 5) is 24.2. The van der Waals surface area contributed by atoms with E-state index < -0.39 is 58.5 Å². The van der Waals surface area contributed by atoms with E-state index in [1.54, 1.807) is 13.8 Å². The van der Waals surface area contributed by atoms with E-state index in [1.165, 1.54) is 18.2 Å². The van der Waals surface area contributed by atoms with E-state index in [0.717, 1.165) is 0 Å². The fourth-order valence-electron chi connectivity index (χ4n) is 6.85. The molecule has 2 radical (unpaired) electrons. The maximum absolute atomic E-state index is 16.8. The van der Waals surface area contributed by atoms with Gasteiger partial charge >= 0.3 is 27.3 Å². The number of alkyl halides is 1. The van der Waals surface area contributed by atoms with Crippen LogP contribution in [0.3, 0.4) is 0 Å². The molecule has 0 spiro atoms. The molecule has 0 aromatic rings. The van der Waals surface area contributed by atoms with Crippen molar-refractivity contribution in [2.24, 2.45) is 22.7 Å². The predicted molar refractivity (Wildman–Crippen MR) is 105 cm³/mol. The number of aliphatic hydroxyl groups is 4. The van der Waals surface area contributed by atoms with Crippen molar-refractivity contribution in [3.63, 3.8) is 0 Å². The van der Waals surface area contributed by atoms with E-state index in [9.17, 15) is 30.0 Å². The zero-order chi connectivity index (χ0) is 20.7. The average molecular weight is 604 g/mol. The molecule has 0 heterocycles. The molecule has 29 heavy (non-hydrogen) atoms. The molecule has 0 bridgehead atoms. The van der Waals surface area contributed by atoms with Crippen LogP contribution < -0.4 is 0 Å². The molecule has 6 nitrogen and oxygen atoms in total. The van der Waals surface area contributed by atoms with Gasteiger partial charge in [0.25, 0.3) is 0 Å². The molecule has 8 heteroatoms. The van der Waals surface area contributed by atoms with Gasteiger partial charge in [0, 0.05) is 16.7 Å². The maximum atomic E-state index is 16.8. The molecule has 0 aliphatic heterocycles. The Balaban J connectivity index is 0.00000240. The van der Waals surface area contributed by atoms with Crippen LogP contribution in [-0.2, 0) is 9.59 Å². The number of carbonyl (C=O) groups excluding carboxylic acids is 2. The molecule has 0 unspecified atom stereocenters. The van der Waals surface area contributed by atoms with Crippen LogP contribution in [0.4, 0.5) is 4.39 Å². The summed E-state index contributed by atoms with van der Waals surface area (Å²) in [5.74, 6) is -2.38. The van der Waals surface area contributed by atoms with E-state index in [-0.39, 0.29) is 45.9 Å². The van der Waals surface area contributed by atoms with E-state index in [0.29, 0.717) is 18.4 Å². The van der Waals surface area contributed by atoms with Crippen LogP contribution in [0.5, 0.6) is 0 Å². The van der Waals surface area contributed by atoms with E-state index in [1.807, 2.05) is 0 Å². The first-order valence-corrected chi connectivity index (χ1v) is 9.82. The summed E-state index contributed by atoms with van der Waals surface area (Å²) in [6.45, 7) is 2.33. The quantitative estimate of drug-likeness (QED) is 0.323. The minimum atomic E-state index is -2.23. The van der Waals surface area contributed by atoms with Crippen LogP contribution in [-0.4, -0.2) is 89.4 Å². The second-order valence-electron chi connectivity index (χ2n) is 9.36. The number of Topliss-reactive ketones (excluding diaryl/α,β-unsaturated/α-hetero) is 1. The number of halogens is 1. The summed E-state index contributed by atoms with van der Waals surface area (Å²) in [5.41, 5.74) is -6.12. The summed E-state index contributed by atoms with van der Waals surface area (Å²) in [5, 5.41) is 42.1. The Kier molecular flexibility index (Phi) is 5.61. The van der Waals surface area contributed by atoms with Crippen molar-refractivity contribution in [3.05, 3.63) is 23.8 Å². The van der Waals surface area contributed by atoms with Crippen molar-refractivity contribution in [1.29, 1.82) is 0 Å². The molecular weight excluding hydrogens is 574 g/mol. The first kappa shape index (κ1) is 23.2. The second-order valence-corrected chi connectivity index (χ2v) is 9.36. The van der Waals surface area contributed by atoms with Crippen molar-refractivity contribution in [2.75, 3.05) is 6.61 Å². The summed E-state index contributed by atoms with van der Waals surface area (Å²) in [6, 6.07) is 0. The number of ketones is 2. The van der Waals surface area contributed by atoms with Crippen molar-refractivity contribution in [1.82, 2.24) is 0 Å². The van der Waals surface area contributed by atoms with Gasteiger partial charge in [-0.05, 0) is 50.7 Å². The van der Waals surface area contributed by atoms with Gasteiger partial charge in [0.15, 0.2) is 22.8 Å². The number of allylic oxidation sites excluding steroid dienone is 4. The zero-order valence-electron chi connectivity index (χ0n) is 16.8. The Bertz CT molecular complexity index is 813. The van der Waals surface area contributed by atoms with Crippen molar-refractivity contribution in [2.45, 2.75) is 63.0 Å². The van der Waals surface area contributed by atoms with Gasteiger partial charge in [-0.1, -0.05) is 18.6 Å². The Hall–Kier alpha value is -0.488. The van der Waals surface area contributed by atoms with E-state index >= 15 is 4.39 Å². The SMILES string of the molecule is C[C@]12C=CC(=O)C=C1CC[C@H]1[C@@H]3C[C@@H](O)[C@](O)(C(=O)CO)[C@@]3(C)C[C@H](O)[C@@]12F.[PbH2]. The van der Waals surface area contributed by atoms with Crippen LogP contribution >= 0.6 is 0 Å². The molecule has 0 aromatic carbocycles. The molecule has 0 amide bonds. The van der Waals surface area contributed by atoms with Gasteiger partial charge in [0.05, 0.1) is 12.2 Å².